The Hall–Kier alpha value is -2.68. The molecule has 1 heterocycles. The topological polar surface area (TPSA) is 15.3 Å². The highest BCUT2D eigenvalue weighted by molar-refractivity contribution is 5.58. The van der Waals surface area contributed by atoms with Crippen molar-refractivity contribution in [1.29, 1.82) is 0 Å². The van der Waals surface area contributed by atoms with Crippen molar-refractivity contribution >= 4 is 6.08 Å². The van der Waals surface area contributed by atoms with Crippen molar-refractivity contribution in [3.8, 4) is 0 Å². The average molecular weight is 467 g/mol. The molecule has 0 aromatic heterocycles. The summed E-state index contributed by atoms with van der Waals surface area (Å²) in [5.41, 5.74) is 7.17. The van der Waals surface area contributed by atoms with Crippen LogP contribution in [0.4, 0.5) is 0 Å². The van der Waals surface area contributed by atoms with Gasteiger partial charge in [0.15, 0.2) is 0 Å². The fraction of sp³-hybridized carbons (Fsp3) is 0.394. The summed E-state index contributed by atoms with van der Waals surface area (Å²) in [7, 11) is 0. The molecular formula is C33H42N2. The van der Waals surface area contributed by atoms with E-state index in [4.69, 9.17) is 0 Å². The van der Waals surface area contributed by atoms with E-state index < -0.39 is 0 Å². The molecule has 3 atom stereocenters. The van der Waals surface area contributed by atoms with E-state index in [1.54, 1.807) is 0 Å². The fourth-order valence-corrected chi connectivity index (χ4v) is 5.72. The molecule has 2 nitrogen and oxygen atoms in total. The molecule has 35 heavy (non-hydrogen) atoms. The molecule has 4 rings (SSSR count). The molecule has 0 saturated carbocycles. The molecule has 0 bridgehead atoms. The Bertz CT molecular complexity index is 1060. The molecule has 0 aliphatic carbocycles. The molecule has 1 fully saturated rings. The first-order valence-electron chi connectivity index (χ1n) is 13.5. The molecule has 0 radical (unpaired) electrons. The standard InChI is InChI=1S/C33H42N2/c1-4-13-33-28(5-2)18-12-19-31(33)26(3)34-24-30-25-35(22-20-27-14-8-6-9-15-27)23-21-32(30)29-16-10-7-11-17-29/h4,6-19,26,30,32,34H,5,20-25H2,1-3H3/b13-4-. The van der Waals surface area contributed by atoms with Gasteiger partial charge >= 0.3 is 0 Å². The molecule has 184 valence electrons. The molecule has 3 aromatic carbocycles. The van der Waals surface area contributed by atoms with E-state index in [-0.39, 0.29) is 0 Å². The van der Waals surface area contributed by atoms with Gasteiger partial charge in [-0.15, -0.1) is 0 Å². The van der Waals surface area contributed by atoms with Crippen molar-refractivity contribution in [3.05, 3.63) is 113 Å². The van der Waals surface area contributed by atoms with E-state index in [9.17, 15) is 0 Å². The number of aryl methyl sites for hydroxylation is 1. The number of allylic oxidation sites excluding steroid dienone is 1. The first-order valence-corrected chi connectivity index (χ1v) is 13.5. The Kier molecular flexibility index (Phi) is 9.34. The summed E-state index contributed by atoms with van der Waals surface area (Å²) in [6.07, 6.45) is 7.88. The number of rotatable bonds is 10. The largest absolute Gasteiger partial charge is 0.310 e. The minimum atomic E-state index is 0.323. The average Bonchev–Trinajstić information content (AvgIpc) is 2.92. The minimum Gasteiger partial charge on any atom is -0.310 e. The SMILES string of the molecule is C/C=C\c1c(CC)cccc1C(C)NCC1CN(CCc2ccccc2)CCC1c1ccccc1. The van der Waals surface area contributed by atoms with Gasteiger partial charge in [0.05, 0.1) is 0 Å². The van der Waals surface area contributed by atoms with Crippen molar-refractivity contribution in [1.82, 2.24) is 10.2 Å². The van der Waals surface area contributed by atoms with Crippen LogP contribution in [0.2, 0.25) is 0 Å². The summed E-state index contributed by atoms with van der Waals surface area (Å²) in [5.74, 6) is 1.21. The normalized spacial score (nSPS) is 19.7. The van der Waals surface area contributed by atoms with Gasteiger partial charge in [-0.2, -0.15) is 0 Å². The third-order valence-electron chi connectivity index (χ3n) is 7.70. The van der Waals surface area contributed by atoms with Gasteiger partial charge in [0.25, 0.3) is 0 Å². The highest BCUT2D eigenvalue weighted by Gasteiger charge is 2.30. The van der Waals surface area contributed by atoms with Crippen LogP contribution in [0.3, 0.4) is 0 Å². The molecule has 1 aliphatic heterocycles. The molecule has 1 aliphatic rings. The van der Waals surface area contributed by atoms with Crippen LogP contribution in [0.1, 0.15) is 67.0 Å². The van der Waals surface area contributed by atoms with Crippen LogP contribution >= 0.6 is 0 Å². The van der Waals surface area contributed by atoms with Crippen LogP contribution < -0.4 is 5.32 Å². The van der Waals surface area contributed by atoms with E-state index in [1.807, 2.05) is 0 Å². The first-order chi connectivity index (χ1) is 17.2. The highest BCUT2D eigenvalue weighted by Crippen LogP contribution is 2.33. The van der Waals surface area contributed by atoms with Gasteiger partial charge in [0.1, 0.15) is 0 Å². The molecule has 0 amide bonds. The van der Waals surface area contributed by atoms with Crippen molar-refractivity contribution in [2.45, 2.75) is 52.0 Å². The van der Waals surface area contributed by atoms with Crippen molar-refractivity contribution in [2.24, 2.45) is 5.92 Å². The third kappa shape index (κ3) is 6.72. The smallest absolute Gasteiger partial charge is 0.0297 e. The Labute approximate surface area is 213 Å². The van der Waals surface area contributed by atoms with E-state index >= 15 is 0 Å². The van der Waals surface area contributed by atoms with E-state index in [0.29, 0.717) is 17.9 Å². The van der Waals surface area contributed by atoms with Gasteiger partial charge in [-0.25, -0.2) is 0 Å². The molecule has 0 spiro atoms. The van der Waals surface area contributed by atoms with Gasteiger partial charge < -0.3 is 10.2 Å². The Balaban J connectivity index is 1.46. The van der Waals surface area contributed by atoms with Crippen LogP contribution in [0.5, 0.6) is 0 Å². The second-order valence-corrected chi connectivity index (χ2v) is 10.0. The summed E-state index contributed by atoms with van der Waals surface area (Å²) >= 11 is 0. The number of nitrogens with zero attached hydrogens (tertiary/aromatic N) is 1. The zero-order valence-corrected chi connectivity index (χ0v) is 21.8. The molecule has 1 saturated heterocycles. The number of benzene rings is 3. The predicted molar refractivity (Wildman–Crippen MR) is 151 cm³/mol. The maximum atomic E-state index is 3.95. The Morgan fingerprint density at radius 3 is 2.43 bits per heavy atom. The summed E-state index contributed by atoms with van der Waals surface area (Å²) in [6.45, 7) is 11.2. The van der Waals surface area contributed by atoms with Gasteiger partial charge in [-0.1, -0.05) is 97.9 Å². The lowest BCUT2D eigenvalue weighted by Gasteiger charge is -2.39. The third-order valence-corrected chi connectivity index (χ3v) is 7.70. The maximum absolute atomic E-state index is 3.95. The monoisotopic (exact) mass is 466 g/mol. The van der Waals surface area contributed by atoms with Crippen LogP contribution in [-0.2, 0) is 12.8 Å². The van der Waals surface area contributed by atoms with Gasteiger partial charge in [-0.05, 0) is 79.3 Å². The van der Waals surface area contributed by atoms with E-state index in [1.165, 1.54) is 40.8 Å². The fourth-order valence-electron chi connectivity index (χ4n) is 5.72. The summed E-state index contributed by atoms with van der Waals surface area (Å²) < 4.78 is 0. The van der Waals surface area contributed by atoms with Gasteiger partial charge in [0, 0.05) is 25.7 Å². The number of likely N-dealkylation sites (tertiary alicyclic amines) is 1. The number of piperidine rings is 1. The number of hydrogen-bond donors (Lipinski definition) is 1. The Morgan fingerprint density at radius 2 is 1.71 bits per heavy atom. The zero-order chi connectivity index (χ0) is 24.5. The van der Waals surface area contributed by atoms with Crippen molar-refractivity contribution in [3.63, 3.8) is 0 Å². The van der Waals surface area contributed by atoms with Crippen LogP contribution in [0, 0.1) is 5.92 Å². The van der Waals surface area contributed by atoms with Crippen LogP contribution in [0.15, 0.2) is 84.9 Å². The second-order valence-electron chi connectivity index (χ2n) is 10.0. The lowest BCUT2D eigenvalue weighted by atomic mass is 9.80. The highest BCUT2D eigenvalue weighted by atomic mass is 15.1. The number of nitrogens with one attached hydrogen (secondary N) is 1. The van der Waals surface area contributed by atoms with Gasteiger partial charge in [0.2, 0.25) is 0 Å². The first kappa shape index (κ1) is 25.4. The van der Waals surface area contributed by atoms with E-state index in [0.717, 1.165) is 32.5 Å². The lowest BCUT2D eigenvalue weighted by molar-refractivity contribution is 0.150. The second kappa shape index (κ2) is 12.9. The molecule has 3 unspecified atom stereocenters. The molecule has 2 heteroatoms. The quantitative estimate of drug-likeness (QED) is 0.338. The van der Waals surface area contributed by atoms with Crippen LogP contribution in [-0.4, -0.2) is 31.1 Å². The maximum Gasteiger partial charge on any atom is 0.0297 e. The van der Waals surface area contributed by atoms with Crippen molar-refractivity contribution < 1.29 is 0 Å². The predicted octanol–water partition coefficient (Wildman–Crippen LogP) is 7.28. The van der Waals surface area contributed by atoms with Gasteiger partial charge in [-0.3, -0.25) is 0 Å². The van der Waals surface area contributed by atoms with Crippen molar-refractivity contribution in [2.75, 3.05) is 26.2 Å². The zero-order valence-electron chi connectivity index (χ0n) is 21.8. The minimum absolute atomic E-state index is 0.323. The summed E-state index contributed by atoms with van der Waals surface area (Å²) in [6, 6.07) is 29.2. The lowest BCUT2D eigenvalue weighted by Crippen LogP contribution is -2.44. The Morgan fingerprint density at radius 1 is 0.971 bits per heavy atom. The molecular weight excluding hydrogens is 424 g/mol. The van der Waals surface area contributed by atoms with E-state index in [2.05, 4.69) is 122 Å². The summed E-state index contributed by atoms with van der Waals surface area (Å²) in [5, 5.41) is 3.95. The summed E-state index contributed by atoms with van der Waals surface area (Å²) in [4.78, 5) is 2.69. The number of hydrogen-bond acceptors (Lipinski definition) is 2. The molecule has 3 aromatic rings. The molecule has 1 N–H and O–H groups in total. The van der Waals surface area contributed by atoms with Crippen LogP contribution in [0.25, 0.3) is 6.08 Å².